The minimum Gasteiger partial charge on any atom is -0.462 e. The summed E-state index contributed by atoms with van der Waals surface area (Å²) in [6.07, 6.45) is 0.751. The van der Waals surface area contributed by atoms with Crippen molar-refractivity contribution in [3.63, 3.8) is 0 Å². The number of hydrogen-bond donors (Lipinski definition) is 0. The zero-order valence-corrected chi connectivity index (χ0v) is 17.6. The van der Waals surface area contributed by atoms with Gasteiger partial charge in [-0.05, 0) is 42.8 Å². The monoisotopic (exact) mass is 406 g/mol. The number of aliphatic imine (C=N–C) groups is 1. The van der Waals surface area contributed by atoms with Crippen molar-refractivity contribution in [2.45, 2.75) is 32.9 Å². The quantitative estimate of drug-likeness (QED) is 0.389. The molecule has 0 radical (unpaired) electrons. The zero-order chi connectivity index (χ0) is 20.5. The molecule has 0 N–H and O–H groups in total. The van der Waals surface area contributed by atoms with Crippen molar-refractivity contribution >= 4 is 23.3 Å². The van der Waals surface area contributed by atoms with Crippen molar-refractivity contribution < 1.29 is 9.53 Å². The summed E-state index contributed by atoms with van der Waals surface area (Å²) in [4.78, 5) is 19.7. The lowest BCUT2D eigenvalue weighted by Gasteiger charge is -2.27. The first-order valence-electron chi connectivity index (χ1n) is 9.78. The highest BCUT2D eigenvalue weighted by Crippen LogP contribution is 2.14. The standard InChI is InChI=1S/C24H26N2O2S/c1-19(2)28-24(25-23(27)22-14-9-17-29-22)26(18-21-12-7-4-8-13-21)16-15-20-10-5-3-6-11-20/h3-14,17,19H,15-16,18H2,1-2H3. The van der Waals surface area contributed by atoms with Crippen molar-refractivity contribution in [3.05, 3.63) is 94.2 Å². The number of carbonyl (C=O) groups is 1. The number of ether oxygens (including phenoxy) is 1. The molecule has 1 heterocycles. The molecule has 29 heavy (non-hydrogen) atoms. The minimum absolute atomic E-state index is 0.0834. The van der Waals surface area contributed by atoms with Crippen molar-refractivity contribution in [3.8, 4) is 0 Å². The van der Waals surface area contributed by atoms with Crippen molar-refractivity contribution in [1.29, 1.82) is 0 Å². The Labute approximate surface area is 176 Å². The lowest BCUT2D eigenvalue weighted by Crippen LogP contribution is -2.36. The van der Waals surface area contributed by atoms with Crippen LogP contribution in [0.3, 0.4) is 0 Å². The molecule has 0 spiro atoms. The maximum Gasteiger partial charge on any atom is 0.296 e. The second-order valence-electron chi connectivity index (χ2n) is 6.99. The van der Waals surface area contributed by atoms with E-state index in [0.29, 0.717) is 24.0 Å². The number of amidine groups is 1. The smallest absolute Gasteiger partial charge is 0.296 e. The molecule has 150 valence electrons. The van der Waals surface area contributed by atoms with E-state index in [1.807, 2.05) is 66.6 Å². The normalized spacial score (nSPS) is 11.5. The summed E-state index contributed by atoms with van der Waals surface area (Å²) in [6, 6.07) is 24.5. The van der Waals surface area contributed by atoms with E-state index >= 15 is 0 Å². The molecule has 4 nitrogen and oxygen atoms in total. The molecule has 0 aliphatic rings. The molecule has 0 unspecified atom stereocenters. The van der Waals surface area contributed by atoms with Crippen LogP contribution in [0, 0.1) is 0 Å². The van der Waals surface area contributed by atoms with E-state index in [2.05, 4.69) is 29.3 Å². The summed E-state index contributed by atoms with van der Waals surface area (Å²) in [6.45, 7) is 5.21. The lowest BCUT2D eigenvalue weighted by atomic mass is 10.1. The van der Waals surface area contributed by atoms with Crippen LogP contribution in [0.4, 0.5) is 0 Å². The fourth-order valence-electron chi connectivity index (χ4n) is 2.88. The Kier molecular flexibility index (Phi) is 7.59. The number of nitrogens with zero attached hydrogens (tertiary/aromatic N) is 2. The first-order valence-corrected chi connectivity index (χ1v) is 10.7. The zero-order valence-electron chi connectivity index (χ0n) is 16.8. The van der Waals surface area contributed by atoms with Crippen LogP contribution in [-0.2, 0) is 17.7 Å². The first kappa shape index (κ1) is 20.8. The van der Waals surface area contributed by atoms with Gasteiger partial charge in [-0.25, -0.2) is 0 Å². The molecule has 0 bridgehead atoms. The van der Waals surface area contributed by atoms with E-state index < -0.39 is 0 Å². The van der Waals surface area contributed by atoms with Gasteiger partial charge in [0.05, 0.1) is 11.0 Å². The lowest BCUT2D eigenvalue weighted by molar-refractivity contribution is 0.0991. The van der Waals surface area contributed by atoms with Gasteiger partial charge in [-0.15, -0.1) is 11.3 Å². The molecule has 5 heteroatoms. The maximum atomic E-state index is 12.6. The van der Waals surface area contributed by atoms with Gasteiger partial charge in [0.1, 0.15) is 0 Å². The Hall–Kier alpha value is -2.92. The molecule has 1 aromatic heterocycles. The average Bonchev–Trinajstić information content (AvgIpc) is 3.27. The van der Waals surface area contributed by atoms with Crippen LogP contribution in [0.5, 0.6) is 0 Å². The molecule has 0 saturated heterocycles. The summed E-state index contributed by atoms with van der Waals surface area (Å²) in [5.74, 6) is -0.270. The van der Waals surface area contributed by atoms with Gasteiger partial charge in [-0.2, -0.15) is 4.99 Å². The topological polar surface area (TPSA) is 41.9 Å². The number of benzene rings is 2. The van der Waals surface area contributed by atoms with Gasteiger partial charge in [0.2, 0.25) is 0 Å². The van der Waals surface area contributed by atoms with E-state index in [-0.39, 0.29) is 12.0 Å². The fourth-order valence-corrected chi connectivity index (χ4v) is 3.49. The van der Waals surface area contributed by atoms with Gasteiger partial charge in [0, 0.05) is 13.1 Å². The van der Waals surface area contributed by atoms with Crippen molar-refractivity contribution in [2.75, 3.05) is 6.54 Å². The Morgan fingerprint density at radius 1 is 0.966 bits per heavy atom. The predicted octanol–water partition coefficient (Wildman–Crippen LogP) is 5.41. The molecule has 0 atom stereocenters. The van der Waals surface area contributed by atoms with E-state index in [0.717, 1.165) is 12.0 Å². The molecule has 0 saturated carbocycles. The summed E-state index contributed by atoms with van der Waals surface area (Å²) >= 11 is 1.39. The Morgan fingerprint density at radius 2 is 1.62 bits per heavy atom. The van der Waals surface area contributed by atoms with E-state index in [9.17, 15) is 4.79 Å². The Bertz CT molecular complexity index is 907. The molecule has 0 aliphatic carbocycles. The van der Waals surface area contributed by atoms with Crippen LogP contribution in [0.15, 0.2) is 83.2 Å². The second-order valence-corrected chi connectivity index (χ2v) is 7.93. The molecule has 0 aliphatic heterocycles. The van der Waals surface area contributed by atoms with Gasteiger partial charge in [0.25, 0.3) is 11.9 Å². The highest BCUT2D eigenvalue weighted by molar-refractivity contribution is 7.12. The SMILES string of the molecule is CC(C)OC(=NC(=O)c1cccs1)N(CCc1ccccc1)Cc1ccccc1. The molecular weight excluding hydrogens is 380 g/mol. The summed E-state index contributed by atoms with van der Waals surface area (Å²) < 4.78 is 6.00. The molecule has 1 amide bonds. The number of hydrogen-bond acceptors (Lipinski definition) is 3. The van der Waals surface area contributed by atoms with Gasteiger partial charge in [-0.1, -0.05) is 66.7 Å². The largest absolute Gasteiger partial charge is 0.462 e. The van der Waals surface area contributed by atoms with Gasteiger partial charge < -0.3 is 9.64 Å². The third-order valence-electron chi connectivity index (χ3n) is 4.27. The van der Waals surface area contributed by atoms with Crippen LogP contribution in [0.2, 0.25) is 0 Å². The van der Waals surface area contributed by atoms with Crippen LogP contribution in [-0.4, -0.2) is 29.5 Å². The summed E-state index contributed by atoms with van der Waals surface area (Å²) in [5, 5.41) is 1.88. The molecule has 0 fully saturated rings. The number of rotatable bonds is 7. The van der Waals surface area contributed by atoms with Gasteiger partial charge in [0.15, 0.2) is 0 Å². The third kappa shape index (κ3) is 6.57. The molecule has 2 aromatic carbocycles. The van der Waals surface area contributed by atoms with Gasteiger partial charge in [-0.3, -0.25) is 4.79 Å². The van der Waals surface area contributed by atoms with Crippen molar-refractivity contribution in [2.24, 2.45) is 4.99 Å². The van der Waals surface area contributed by atoms with Crippen molar-refractivity contribution in [1.82, 2.24) is 4.90 Å². The van der Waals surface area contributed by atoms with Gasteiger partial charge >= 0.3 is 0 Å². The van der Waals surface area contributed by atoms with E-state index in [1.165, 1.54) is 16.9 Å². The summed E-state index contributed by atoms with van der Waals surface area (Å²) in [7, 11) is 0. The Balaban J connectivity index is 1.86. The Morgan fingerprint density at radius 3 is 2.21 bits per heavy atom. The number of carbonyl (C=O) groups excluding carboxylic acids is 1. The highest BCUT2D eigenvalue weighted by Gasteiger charge is 2.18. The average molecular weight is 407 g/mol. The number of thiophene rings is 1. The first-order chi connectivity index (χ1) is 14.1. The molecular formula is C24H26N2O2S. The molecule has 3 rings (SSSR count). The van der Waals surface area contributed by atoms with Crippen LogP contribution in [0.1, 0.15) is 34.6 Å². The highest BCUT2D eigenvalue weighted by atomic mass is 32.1. The fraction of sp³-hybridized carbons (Fsp3) is 0.250. The van der Waals surface area contributed by atoms with Crippen LogP contribution in [0.25, 0.3) is 0 Å². The minimum atomic E-state index is -0.270. The third-order valence-corrected chi connectivity index (χ3v) is 5.13. The summed E-state index contributed by atoms with van der Waals surface area (Å²) in [5.41, 5.74) is 2.38. The second kappa shape index (κ2) is 10.6. The van der Waals surface area contributed by atoms with Crippen LogP contribution >= 0.6 is 11.3 Å². The number of amides is 1. The van der Waals surface area contributed by atoms with Crippen LogP contribution < -0.4 is 0 Å². The maximum absolute atomic E-state index is 12.6. The van der Waals surface area contributed by atoms with E-state index in [1.54, 1.807) is 6.07 Å². The van der Waals surface area contributed by atoms with E-state index in [4.69, 9.17) is 4.74 Å². The predicted molar refractivity (Wildman–Crippen MR) is 119 cm³/mol. The molecule has 3 aromatic rings.